The zero-order valence-electron chi connectivity index (χ0n) is 11.0. The smallest absolute Gasteiger partial charge is 0.238 e. The highest BCUT2D eigenvalue weighted by atomic mass is 32.1. The molecule has 1 aromatic carbocycles. The number of hydrazine groups is 1. The van der Waals surface area contributed by atoms with Crippen LogP contribution in [0.5, 0.6) is 0 Å². The molecule has 0 heterocycles. The van der Waals surface area contributed by atoms with E-state index in [0.717, 1.165) is 32.1 Å². The van der Waals surface area contributed by atoms with Crippen molar-refractivity contribution >= 4 is 23.2 Å². The lowest BCUT2D eigenvalue weighted by atomic mass is 10.1. The first kappa shape index (κ1) is 15.4. The van der Waals surface area contributed by atoms with Gasteiger partial charge in [-0.05, 0) is 37.0 Å². The molecule has 0 aliphatic rings. The van der Waals surface area contributed by atoms with Crippen LogP contribution in [0.4, 0.5) is 0 Å². The maximum atomic E-state index is 11.3. The monoisotopic (exact) mass is 279 g/mol. The first-order valence-corrected chi connectivity index (χ1v) is 6.97. The molecule has 4 N–H and O–H groups in total. The standard InChI is InChI=1S/C14H21N3OS/c15-14(19)17-16-13(18)11-7-2-1-4-8-12-9-5-3-6-10-12/h3,5-6,9-10H,1-2,4,7-8,11H2,(H,16,18)(H3,15,17,19). The van der Waals surface area contributed by atoms with Gasteiger partial charge in [-0.25, -0.2) is 0 Å². The van der Waals surface area contributed by atoms with Crippen molar-refractivity contribution in [3.05, 3.63) is 35.9 Å². The number of carbonyl (C=O) groups excluding carboxylic acids is 1. The quantitative estimate of drug-likeness (QED) is 0.406. The largest absolute Gasteiger partial charge is 0.375 e. The minimum absolute atomic E-state index is 0.0733. The van der Waals surface area contributed by atoms with E-state index in [4.69, 9.17) is 5.73 Å². The summed E-state index contributed by atoms with van der Waals surface area (Å²) in [6, 6.07) is 10.5. The maximum Gasteiger partial charge on any atom is 0.238 e. The van der Waals surface area contributed by atoms with Crippen LogP contribution in [0.2, 0.25) is 0 Å². The highest BCUT2D eigenvalue weighted by Crippen LogP contribution is 2.08. The number of thiocarbonyl (C=S) groups is 1. The summed E-state index contributed by atoms with van der Waals surface area (Å²) in [5, 5.41) is 0.0798. The second-order valence-corrected chi connectivity index (χ2v) is 4.88. The molecule has 0 saturated carbocycles. The van der Waals surface area contributed by atoms with Crippen LogP contribution >= 0.6 is 12.2 Å². The number of carbonyl (C=O) groups is 1. The van der Waals surface area contributed by atoms with Crippen LogP contribution in [0.3, 0.4) is 0 Å². The van der Waals surface area contributed by atoms with E-state index in [0.29, 0.717) is 6.42 Å². The number of amides is 1. The average Bonchev–Trinajstić information content (AvgIpc) is 2.41. The number of nitrogens with one attached hydrogen (secondary N) is 2. The van der Waals surface area contributed by atoms with Crippen molar-refractivity contribution in [2.24, 2.45) is 5.73 Å². The van der Waals surface area contributed by atoms with E-state index in [2.05, 4.69) is 47.3 Å². The van der Waals surface area contributed by atoms with Crippen molar-refractivity contribution in [2.45, 2.75) is 38.5 Å². The Morgan fingerprint density at radius 1 is 1.05 bits per heavy atom. The number of hydrogen-bond acceptors (Lipinski definition) is 2. The number of hydrogen-bond donors (Lipinski definition) is 3. The molecule has 1 aromatic rings. The van der Waals surface area contributed by atoms with Gasteiger partial charge in [0.2, 0.25) is 5.91 Å². The average molecular weight is 279 g/mol. The third kappa shape index (κ3) is 8.15. The van der Waals surface area contributed by atoms with Crippen molar-refractivity contribution < 1.29 is 4.79 Å². The van der Waals surface area contributed by atoms with Gasteiger partial charge in [0.05, 0.1) is 0 Å². The molecule has 1 rings (SSSR count). The van der Waals surface area contributed by atoms with Crippen molar-refractivity contribution in [1.82, 2.24) is 10.9 Å². The molecule has 0 bridgehead atoms. The number of nitrogens with two attached hydrogens (primary N) is 1. The molecule has 0 radical (unpaired) electrons. The Morgan fingerprint density at radius 2 is 1.74 bits per heavy atom. The maximum absolute atomic E-state index is 11.3. The van der Waals surface area contributed by atoms with Crippen LogP contribution in [0.1, 0.15) is 37.7 Å². The predicted molar refractivity (Wildman–Crippen MR) is 81.3 cm³/mol. The Kier molecular flexibility index (Phi) is 7.58. The molecule has 4 nitrogen and oxygen atoms in total. The summed E-state index contributed by atoms with van der Waals surface area (Å²) in [7, 11) is 0. The predicted octanol–water partition coefficient (Wildman–Crippen LogP) is 2.04. The van der Waals surface area contributed by atoms with Gasteiger partial charge in [0, 0.05) is 6.42 Å². The topological polar surface area (TPSA) is 67.2 Å². The fraction of sp³-hybridized carbons (Fsp3) is 0.429. The van der Waals surface area contributed by atoms with Crippen molar-refractivity contribution in [3.8, 4) is 0 Å². The van der Waals surface area contributed by atoms with Crippen LogP contribution < -0.4 is 16.6 Å². The van der Waals surface area contributed by atoms with Gasteiger partial charge in [-0.15, -0.1) is 0 Å². The SMILES string of the molecule is NC(=S)NNC(=O)CCCCCCc1ccccc1. The number of rotatable bonds is 7. The van der Waals surface area contributed by atoms with Gasteiger partial charge in [-0.3, -0.25) is 15.6 Å². The normalized spacial score (nSPS) is 9.89. The fourth-order valence-electron chi connectivity index (χ4n) is 1.81. The zero-order valence-corrected chi connectivity index (χ0v) is 11.8. The minimum atomic E-state index is -0.0733. The van der Waals surface area contributed by atoms with Gasteiger partial charge in [-0.2, -0.15) is 0 Å². The molecular weight excluding hydrogens is 258 g/mol. The van der Waals surface area contributed by atoms with Crippen molar-refractivity contribution in [2.75, 3.05) is 0 Å². The molecule has 0 unspecified atom stereocenters. The van der Waals surface area contributed by atoms with Crippen LogP contribution in [0, 0.1) is 0 Å². The van der Waals surface area contributed by atoms with E-state index in [1.807, 2.05) is 6.07 Å². The van der Waals surface area contributed by atoms with E-state index in [1.165, 1.54) is 5.56 Å². The van der Waals surface area contributed by atoms with E-state index < -0.39 is 0 Å². The summed E-state index contributed by atoms with van der Waals surface area (Å²) < 4.78 is 0. The van der Waals surface area contributed by atoms with Crippen molar-refractivity contribution in [1.29, 1.82) is 0 Å². The van der Waals surface area contributed by atoms with Gasteiger partial charge >= 0.3 is 0 Å². The zero-order chi connectivity index (χ0) is 13.9. The molecule has 19 heavy (non-hydrogen) atoms. The van der Waals surface area contributed by atoms with Gasteiger partial charge in [-0.1, -0.05) is 43.2 Å². The van der Waals surface area contributed by atoms with Crippen LogP contribution in [0.15, 0.2) is 30.3 Å². The molecular formula is C14H21N3OS. The highest BCUT2D eigenvalue weighted by Gasteiger charge is 2.00. The fourth-order valence-corrected chi connectivity index (χ4v) is 1.86. The third-order valence-electron chi connectivity index (χ3n) is 2.79. The molecule has 1 amide bonds. The molecule has 0 aliphatic carbocycles. The minimum Gasteiger partial charge on any atom is -0.375 e. The van der Waals surface area contributed by atoms with E-state index >= 15 is 0 Å². The lowest BCUT2D eigenvalue weighted by Crippen LogP contribution is -2.44. The number of benzene rings is 1. The number of aryl methyl sites for hydroxylation is 1. The second-order valence-electron chi connectivity index (χ2n) is 4.44. The molecule has 0 spiro atoms. The Balaban J connectivity index is 1.96. The molecule has 5 heteroatoms. The summed E-state index contributed by atoms with van der Waals surface area (Å²) in [5.41, 5.74) is 11.4. The van der Waals surface area contributed by atoms with Crippen LogP contribution in [0.25, 0.3) is 0 Å². The van der Waals surface area contributed by atoms with Gasteiger partial charge in [0.1, 0.15) is 0 Å². The summed E-state index contributed by atoms with van der Waals surface area (Å²) >= 11 is 4.58. The molecule has 0 fully saturated rings. The first-order valence-electron chi connectivity index (χ1n) is 6.56. The summed E-state index contributed by atoms with van der Waals surface area (Å²) in [5.74, 6) is -0.0733. The van der Waals surface area contributed by atoms with Gasteiger partial charge < -0.3 is 5.73 Å². The Labute approximate surface area is 119 Å². The summed E-state index contributed by atoms with van der Waals surface area (Å²) in [6.07, 6.45) is 5.87. The molecule has 0 atom stereocenters. The second kappa shape index (κ2) is 9.33. The van der Waals surface area contributed by atoms with E-state index in [1.54, 1.807) is 0 Å². The molecule has 104 valence electrons. The van der Waals surface area contributed by atoms with Crippen LogP contribution in [-0.2, 0) is 11.2 Å². The highest BCUT2D eigenvalue weighted by molar-refractivity contribution is 7.80. The van der Waals surface area contributed by atoms with Crippen LogP contribution in [-0.4, -0.2) is 11.0 Å². The summed E-state index contributed by atoms with van der Waals surface area (Å²) in [6.45, 7) is 0. The lowest BCUT2D eigenvalue weighted by Gasteiger charge is -2.06. The van der Waals surface area contributed by atoms with Gasteiger partial charge in [0.15, 0.2) is 5.11 Å². The lowest BCUT2D eigenvalue weighted by molar-refractivity contribution is -0.121. The first-order chi connectivity index (χ1) is 9.18. The van der Waals surface area contributed by atoms with E-state index in [9.17, 15) is 4.79 Å². The molecule has 0 aliphatic heterocycles. The Bertz CT molecular complexity index is 395. The Hall–Kier alpha value is -1.62. The summed E-state index contributed by atoms with van der Waals surface area (Å²) in [4.78, 5) is 11.3. The third-order valence-corrected chi connectivity index (χ3v) is 2.89. The number of unbranched alkanes of at least 4 members (excludes halogenated alkanes) is 3. The molecule has 0 saturated heterocycles. The van der Waals surface area contributed by atoms with E-state index in [-0.39, 0.29) is 11.0 Å². The van der Waals surface area contributed by atoms with Gasteiger partial charge in [0.25, 0.3) is 0 Å². The molecule has 0 aromatic heterocycles. The van der Waals surface area contributed by atoms with Crippen molar-refractivity contribution in [3.63, 3.8) is 0 Å². The Morgan fingerprint density at radius 3 is 2.42 bits per heavy atom.